The van der Waals surface area contributed by atoms with Gasteiger partial charge in [-0.3, -0.25) is 0 Å². The van der Waals surface area contributed by atoms with Crippen molar-refractivity contribution in [3.63, 3.8) is 0 Å². The molecule has 0 bridgehead atoms. The van der Waals surface area contributed by atoms with Crippen LogP contribution in [0, 0.1) is 45.3 Å². The molecular formula is C68H132N4. The number of nitriles is 4. The molecule has 0 amide bonds. The summed E-state index contributed by atoms with van der Waals surface area (Å²) in [5, 5.41) is 33.6. The van der Waals surface area contributed by atoms with Crippen LogP contribution >= 0.6 is 0 Å². The second-order valence-corrected chi connectivity index (χ2v) is 22.0. The predicted molar refractivity (Wildman–Crippen MR) is 322 cm³/mol. The highest BCUT2D eigenvalue weighted by atomic mass is 14.2. The second kappa shape index (κ2) is 83.0. The molecule has 0 rings (SSSR count). The summed E-state index contributed by atoms with van der Waals surface area (Å²) in [5.41, 5.74) is 0. The number of hydrogen-bond acceptors (Lipinski definition) is 4. The van der Waals surface area contributed by atoms with Crippen molar-refractivity contribution in [1.82, 2.24) is 0 Å². The van der Waals surface area contributed by atoms with Crippen LogP contribution in [-0.4, -0.2) is 0 Å². The van der Waals surface area contributed by atoms with E-state index in [4.69, 9.17) is 21.0 Å². The maximum Gasteiger partial charge on any atom is 0.0621 e. The van der Waals surface area contributed by atoms with E-state index in [0.717, 1.165) is 51.4 Å². The molecule has 424 valence electrons. The normalized spacial score (nSPS) is 10.4. The molecule has 0 saturated heterocycles. The van der Waals surface area contributed by atoms with Gasteiger partial charge in [0.25, 0.3) is 0 Å². The lowest BCUT2D eigenvalue weighted by molar-refractivity contribution is 0.527. The first-order valence-electron chi connectivity index (χ1n) is 33.1. The minimum Gasteiger partial charge on any atom is -0.198 e. The maximum atomic E-state index is 8.44. The summed E-state index contributed by atoms with van der Waals surface area (Å²) >= 11 is 0. The van der Waals surface area contributed by atoms with Crippen LogP contribution in [0.15, 0.2) is 0 Å². The van der Waals surface area contributed by atoms with E-state index in [-0.39, 0.29) is 0 Å². The molecule has 0 unspecified atom stereocenters. The third kappa shape index (κ3) is 90.7. The molecule has 0 aliphatic rings. The monoisotopic (exact) mass is 1010 g/mol. The quantitative estimate of drug-likeness (QED) is 0.0567. The largest absolute Gasteiger partial charge is 0.198 e. The predicted octanol–water partition coefficient (Wildman–Crippen LogP) is 25.5. The highest BCUT2D eigenvalue weighted by Crippen LogP contribution is 2.17. The molecule has 0 aromatic heterocycles. The van der Waals surface area contributed by atoms with Crippen molar-refractivity contribution in [2.24, 2.45) is 0 Å². The smallest absolute Gasteiger partial charge is 0.0621 e. The van der Waals surface area contributed by atoms with Gasteiger partial charge < -0.3 is 0 Å². The Balaban J connectivity index is -0.000000431. The molecule has 0 aromatic rings. The van der Waals surface area contributed by atoms with Crippen molar-refractivity contribution >= 4 is 0 Å². The van der Waals surface area contributed by atoms with Gasteiger partial charge >= 0.3 is 0 Å². The molecule has 0 radical (unpaired) electrons. The van der Waals surface area contributed by atoms with Crippen molar-refractivity contribution in [2.75, 3.05) is 0 Å². The molecule has 0 aliphatic carbocycles. The fourth-order valence-electron chi connectivity index (χ4n) is 9.59. The summed E-state index contributed by atoms with van der Waals surface area (Å²) in [6.07, 6.45) is 80.4. The number of unbranched alkanes of at least 4 members (excludes halogenated alkanes) is 56. The van der Waals surface area contributed by atoms with E-state index in [2.05, 4.69) is 52.0 Å². The summed E-state index contributed by atoms with van der Waals surface area (Å²) in [6.45, 7) is 9.11. The third-order valence-electron chi connectivity index (χ3n) is 14.6. The van der Waals surface area contributed by atoms with Gasteiger partial charge in [0.2, 0.25) is 0 Å². The van der Waals surface area contributed by atoms with Gasteiger partial charge in [-0.05, 0) is 25.7 Å². The van der Waals surface area contributed by atoms with Crippen molar-refractivity contribution in [3.05, 3.63) is 0 Å². The zero-order valence-electron chi connectivity index (χ0n) is 50.2. The molecule has 0 aliphatic heterocycles. The Hall–Kier alpha value is -2.04. The van der Waals surface area contributed by atoms with E-state index in [1.807, 2.05) is 0 Å². The Morgan fingerprint density at radius 3 is 0.306 bits per heavy atom. The lowest BCUT2D eigenvalue weighted by Gasteiger charge is -2.03. The van der Waals surface area contributed by atoms with Crippen molar-refractivity contribution in [3.8, 4) is 24.3 Å². The molecule has 72 heavy (non-hydrogen) atoms. The van der Waals surface area contributed by atoms with Gasteiger partial charge in [-0.2, -0.15) is 21.0 Å². The van der Waals surface area contributed by atoms with Crippen LogP contribution in [0.25, 0.3) is 0 Å². The van der Waals surface area contributed by atoms with Gasteiger partial charge in [-0.15, -0.1) is 0 Å². The summed E-state index contributed by atoms with van der Waals surface area (Å²) in [4.78, 5) is 0. The third-order valence-corrected chi connectivity index (χ3v) is 14.6. The number of hydrogen-bond donors (Lipinski definition) is 0. The van der Waals surface area contributed by atoms with Crippen LogP contribution in [-0.2, 0) is 0 Å². The number of nitrogens with zero attached hydrogens (tertiary/aromatic N) is 4. The Kier molecular flexibility index (Phi) is 88.1. The molecule has 0 heterocycles. The van der Waals surface area contributed by atoms with Crippen LogP contribution in [0.4, 0.5) is 0 Å². The minimum atomic E-state index is 0.747. The molecular weight excluding hydrogens is 873 g/mol. The first-order valence-corrected chi connectivity index (χ1v) is 33.1. The van der Waals surface area contributed by atoms with Crippen LogP contribution in [0.2, 0.25) is 0 Å². The minimum absolute atomic E-state index is 0.747. The van der Waals surface area contributed by atoms with E-state index >= 15 is 0 Å². The molecule has 4 nitrogen and oxygen atoms in total. The molecule has 0 aromatic carbocycles. The van der Waals surface area contributed by atoms with Gasteiger partial charge in [0.1, 0.15) is 0 Å². The number of rotatable bonds is 56. The molecule has 0 N–H and O–H groups in total. The van der Waals surface area contributed by atoms with Gasteiger partial charge in [-0.1, -0.05) is 362 Å². The van der Waals surface area contributed by atoms with E-state index in [1.54, 1.807) is 0 Å². The van der Waals surface area contributed by atoms with E-state index in [9.17, 15) is 0 Å². The average Bonchev–Trinajstić information content (AvgIpc) is 3.39. The first-order chi connectivity index (χ1) is 35.7. The fraction of sp³-hybridized carbons (Fsp3) is 0.941. The van der Waals surface area contributed by atoms with Crippen molar-refractivity contribution in [2.45, 2.75) is 413 Å². The lowest BCUT2D eigenvalue weighted by Crippen LogP contribution is -1.83. The lowest BCUT2D eigenvalue weighted by atomic mass is 10.0. The van der Waals surface area contributed by atoms with Crippen LogP contribution in [0.5, 0.6) is 0 Å². The summed E-state index contributed by atoms with van der Waals surface area (Å²) in [5.74, 6) is 0. The standard InChI is InChI=1S/C20H39N.C18H35N.C16H31N.C14H27N/c1-2-3-4-5-6-7-8-9-10-11-12-13-14-15-16-17-18-19-20-21;1-2-3-4-5-6-7-8-9-10-11-12-13-14-15-16-17-18-19;1-2-3-4-5-6-7-8-9-10-11-12-13-14-15-16-17;1-2-3-4-5-6-7-8-9-10-11-12-13-14-15/h2-19H2,1H3;2-17H2,1H3;2-15H2,1H3;2-13H2,1H3. The van der Waals surface area contributed by atoms with Crippen LogP contribution < -0.4 is 0 Å². The summed E-state index contributed by atoms with van der Waals surface area (Å²) < 4.78 is 0. The maximum absolute atomic E-state index is 8.44. The van der Waals surface area contributed by atoms with E-state index < -0.39 is 0 Å². The van der Waals surface area contributed by atoms with E-state index in [0.29, 0.717) is 0 Å². The molecule has 0 spiro atoms. The summed E-state index contributed by atoms with van der Waals surface area (Å²) in [6, 6.07) is 8.84. The molecule has 4 heteroatoms. The van der Waals surface area contributed by atoms with Crippen LogP contribution in [0.1, 0.15) is 413 Å². The Morgan fingerprint density at radius 2 is 0.222 bits per heavy atom. The summed E-state index contributed by atoms with van der Waals surface area (Å²) in [7, 11) is 0. The SMILES string of the molecule is CCCCCCCCCCCCCC#N.CCCCCCCCCCCCCCCC#N.CCCCCCCCCCCCCCCCCC#N.CCCCCCCCCCCCCCCCCCCC#N. The molecule has 0 fully saturated rings. The van der Waals surface area contributed by atoms with Crippen molar-refractivity contribution in [1.29, 1.82) is 21.0 Å². The molecule has 0 atom stereocenters. The zero-order valence-corrected chi connectivity index (χ0v) is 50.2. The molecule has 0 saturated carbocycles. The van der Waals surface area contributed by atoms with Gasteiger partial charge in [0.05, 0.1) is 24.3 Å². The van der Waals surface area contributed by atoms with Gasteiger partial charge in [0.15, 0.2) is 0 Å². The topological polar surface area (TPSA) is 95.2 Å². The average molecular weight is 1010 g/mol. The van der Waals surface area contributed by atoms with Crippen LogP contribution in [0.3, 0.4) is 0 Å². The van der Waals surface area contributed by atoms with E-state index in [1.165, 1.54) is 334 Å². The van der Waals surface area contributed by atoms with Gasteiger partial charge in [-0.25, -0.2) is 0 Å². The van der Waals surface area contributed by atoms with Crippen molar-refractivity contribution < 1.29 is 0 Å². The van der Waals surface area contributed by atoms with Gasteiger partial charge in [0, 0.05) is 25.7 Å². The first kappa shape index (κ1) is 76.5. The second-order valence-electron chi connectivity index (χ2n) is 22.0. The Morgan fingerprint density at radius 1 is 0.139 bits per heavy atom. The Labute approximate surface area is 456 Å². The highest BCUT2D eigenvalue weighted by molar-refractivity contribution is 4.69. The Bertz CT molecular complexity index is 1060. The fourth-order valence-corrected chi connectivity index (χ4v) is 9.59. The zero-order chi connectivity index (χ0) is 53.3. The highest BCUT2D eigenvalue weighted by Gasteiger charge is 1.98.